The molecule has 2 N–H and O–H groups in total. The fourth-order valence-electron chi connectivity index (χ4n) is 2.23. The van der Waals surface area contributed by atoms with Gasteiger partial charge in [-0.05, 0) is 23.4 Å². The van der Waals surface area contributed by atoms with Crippen molar-refractivity contribution in [3.63, 3.8) is 0 Å². The normalized spacial score (nSPS) is 18.4. The first-order valence-electron chi connectivity index (χ1n) is 5.91. The molecule has 3 aromatic heterocycles. The van der Waals surface area contributed by atoms with E-state index in [9.17, 15) is 0 Å². The molecule has 0 amide bonds. The summed E-state index contributed by atoms with van der Waals surface area (Å²) in [6.07, 6.45) is 2.47. The van der Waals surface area contributed by atoms with Gasteiger partial charge in [-0.1, -0.05) is 5.16 Å². The SMILES string of the molecule is c1n[nH]c(-c2noc(C3NCCc4sccc43)n2)n1. The average Bonchev–Trinajstić information content (AvgIpc) is 3.18. The van der Waals surface area contributed by atoms with Gasteiger partial charge in [0.25, 0.3) is 0 Å². The molecule has 0 radical (unpaired) electrons. The third-order valence-electron chi connectivity index (χ3n) is 3.11. The van der Waals surface area contributed by atoms with E-state index in [1.807, 2.05) is 0 Å². The van der Waals surface area contributed by atoms with E-state index < -0.39 is 0 Å². The summed E-state index contributed by atoms with van der Waals surface area (Å²) >= 11 is 1.77. The van der Waals surface area contributed by atoms with Crippen LogP contribution in [0.15, 0.2) is 22.3 Å². The number of thiophene rings is 1. The Hall–Kier alpha value is -2.06. The van der Waals surface area contributed by atoms with E-state index in [-0.39, 0.29) is 6.04 Å². The molecule has 1 aliphatic heterocycles. The number of fused-ring (bicyclic) bond motifs is 1. The molecule has 1 aliphatic rings. The van der Waals surface area contributed by atoms with Crippen LogP contribution in [0.25, 0.3) is 11.6 Å². The molecule has 0 spiro atoms. The maximum Gasteiger partial charge on any atom is 0.248 e. The monoisotopic (exact) mass is 274 g/mol. The Kier molecular flexibility index (Phi) is 2.42. The fourth-order valence-corrected chi connectivity index (χ4v) is 3.15. The van der Waals surface area contributed by atoms with Gasteiger partial charge < -0.3 is 9.84 Å². The zero-order valence-electron chi connectivity index (χ0n) is 9.83. The maximum absolute atomic E-state index is 5.35. The van der Waals surface area contributed by atoms with Crippen LogP contribution in [0.5, 0.6) is 0 Å². The largest absolute Gasteiger partial charge is 0.337 e. The van der Waals surface area contributed by atoms with Crippen molar-refractivity contribution in [3.8, 4) is 11.6 Å². The lowest BCUT2D eigenvalue weighted by Gasteiger charge is -2.20. The van der Waals surface area contributed by atoms with E-state index in [1.165, 1.54) is 16.8 Å². The van der Waals surface area contributed by atoms with E-state index >= 15 is 0 Å². The van der Waals surface area contributed by atoms with Crippen LogP contribution in [-0.4, -0.2) is 31.9 Å². The Bertz CT molecular complexity index is 688. The lowest BCUT2D eigenvalue weighted by Crippen LogP contribution is -2.29. The van der Waals surface area contributed by atoms with E-state index in [1.54, 1.807) is 11.3 Å². The summed E-state index contributed by atoms with van der Waals surface area (Å²) in [5, 5.41) is 15.9. The number of H-pyrrole nitrogens is 1. The summed E-state index contributed by atoms with van der Waals surface area (Å²) in [6.45, 7) is 0.915. The predicted octanol–water partition coefficient (Wildman–Crippen LogP) is 1.15. The fraction of sp³-hybridized carbons (Fsp3) is 0.273. The zero-order valence-corrected chi connectivity index (χ0v) is 10.6. The molecule has 3 aromatic rings. The van der Waals surface area contributed by atoms with Gasteiger partial charge >= 0.3 is 0 Å². The van der Waals surface area contributed by atoms with Crippen molar-refractivity contribution in [2.75, 3.05) is 6.54 Å². The molecule has 1 atom stereocenters. The molecule has 0 aliphatic carbocycles. The molecule has 8 heteroatoms. The maximum atomic E-state index is 5.35. The van der Waals surface area contributed by atoms with Gasteiger partial charge in [0.2, 0.25) is 11.7 Å². The van der Waals surface area contributed by atoms with Gasteiger partial charge in [0, 0.05) is 11.4 Å². The summed E-state index contributed by atoms with van der Waals surface area (Å²) in [5.41, 5.74) is 1.23. The van der Waals surface area contributed by atoms with E-state index in [4.69, 9.17) is 4.52 Å². The summed E-state index contributed by atoms with van der Waals surface area (Å²) in [4.78, 5) is 9.77. The molecular weight excluding hydrogens is 264 g/mol. The molecule has 0 saturated heterocycles. The summed E-state index contributed by atoms with van der Waals surface area (Å²) in [5.74, 6) is 1.50. The molecule has 0 saturated carbocycles. The Balaban J connectivity index is 1.71. The highest BCUT2D eigenvalue weighted by atomic mass is 32.1. The smallest absolute Gasteiger partial charge is 0.248 e. The lowest BCUT2D eigenvalue weighted by atomic mass is 10.0. The highest BCUT2D eigenvalue weighted by molar-refractivity contribution is 7.10. The summed E-state index contributed by atoms with van der Waals surface area (Å²) in [6, 6.07) is 2.08. The van der Waals surface area contributed by atoms with Crippen LogP contribution in [-0.2, 0) is 6.42 Å². The molecular formula is C11H10N6OS. The Morgan fingerprint density at radius 2 is 2.42 bits per heavy atom. The van der Waals surface area contributed by atoms with Crippen LogP contribution in [0.4, 0.5) is 0 Å². The number of rotatable bonds is 2. The van der Waals surface area contributed by atoms with Gasteiger partial charge in [0.05, 0.1) is 0 Å². The van der Waals surface area contributed by atoms with Gasteiger partial charge in [-0.3, -0.25) is 5.10 Å². The van der Waals surface area contributed by atoms with Gasteiger partial charge in [-0.25, -0.2) is 4.98 Å². The Morgan fingerprint density at radius 3 is 3.32 bits per heavy atom. The molecule has 0 aromatic carbocycles. The third kappa shape index (κ3) is 1.76. The van der Waals surface area contributed by atoms with Crippen molar-refractivity contribution < 1.29 is 4.52 Å². The van der Waals surface area contributed by atoms with Crippen molar-refractivity contribution in [1.82, 2.24) is 30.6 Å². The number of hydrogen-bond acceptors (Lipinski definition) is 7. The Morgan fingerprint density at radius 1 is 1.42 bits per heavy atom. The average molecular weight is 274 g/mol. The van der Waals surface area contributed by atoms with Gasteiger partial charge in [0.1, 0.15) is 12.4 Å². The minimum Gasteiger partial charge on any atom is -0.337 e. The molecule has 0 fully saturated rings. The summed E-state index contributed by atoms with van der Waals surface area (Å²) in [7, 11) is 0. The third-order valence-corrected chi connectivity index (χ3v) is 4.10. The zero-order chi connectivity index (χ0) is 12.7. The van der Waals surface area contributed by atoms with E-state index in [0.717, 1.165) is 13.0 Å². The number of nitrogens with zero attached hydrogens (tertiary/aromatic N) is 4. The van der Waals surface area contributed by atoms with Crippen LogP contribution in [0.3, 0.4) is 0 Å². The predicted molar refractivity (Wildman–Crippen MR) is 67.5 cm³/mol. The van der Waals surface area contributed by atoms with Gasteiger partial charge in [-0.2, -0.15) is 10.1 Å². The van der Waals surface area contributed by atoms with E-state index in [2.05, 4.69) is 42.1 Å². The number of hydrogen-bond donors (Lipinski definition) is 2. The second kappa shape index (κ2) is 4.25. The van der Waals surface area contributed by atoms with Gasteiger partial charge in [0.15, 0.2) is 5.82 Å². The van der Waals surface area contributed by atoms with Crippen molar-refractivity contribution in [1.29, 1.82) is 0 Å². The van der Waals surface area contributed by atoms with Crippen LogP contribution < -0.4 is 5.32 Å². The highest BCUT2D eigenvalue weighted by Gasteiger charge is 2.27. The first kappa shape index (κ1) is 10.8. The second-order valence-corrected chi connectivity index (χ2v) is 5.23. The highest BCUT2D eigenvalue weighted by Crippen LogP contribution is 2.31. The number of aromatic nitrogens is 5. The van der Waals surface area contributed by atoms with E-state index in [0.29, 0.717) is 17.5 Å². The molecule has 96 valence electrons. The minimum absolute atomic E-state index is 0.0285. The first-order valence-corrected chi connectivity index (χ1v) is 6.79. The molecule has 4 heterocycles. The summed E-state index contributed by atoms with van der Waals surface area (Å²) < 4.78 is 5.35. The quantitative estimate of drug-likeness (QED) is 0.728. The van der Waals surface area contributed by atoms with Crippen LogP contribution in [0, 0.1) is 0 Å². The van der Waals surface area contributed by atoms with Crippen LogP contribution >= 0.6 is 11.3 Å². The standard InChI is InChI=1S/C11H10N6OS/c1-3-12-8(6-2-4-19-7(1)6)11-15-10(17-18-11)9-13-5-14-16-9/h2,4-5,8,12H,1,3H2,(H,13,14,16). The number of aromatic amines is 1. The molecule has 19 heavy (non-hydrogen) atoms. The van der Waals surface area contributed by atoms with Crippen molar-refractivity contribution in [2.24, 2.45) is 0 Å². The molecule has 4 rings (SSSR count). The van der Waals surface area contributed by atoms with Crippen molar-refractivity contribution >= 4 is 11.3 Å². The Labute approximate surface area is 112 Å². The molecule has 1 unspecified atom stereocenters. The first-order chi connectivity index (χ1) is 9.42. The van der Waals surface area contributed by atoms with Crippen molar-refractivity contribution in [2.45, 2.75) is 12.5 Å². The molecule has 7 nitrogen and oxygen atoms in total. The minimum atomic E-state index is -0.0285. The topological polar surface area (TPSA) is 92.5 Å². The van der Waals surface area contributed by atoms with Crippen molar-refractivity contribution in [3.05, 3.63) is 34.1 Å². The van der Waals surface area contributed by atoms with Crippen LogP contribution in [0.1, 0.15) is 22.4 Å². The lowest BCUT2D eigenvalue weighted by molar-refractivity contribution is 0.344. The van der Waals surface area contributed by atoms with Gasteiger partial charge in [-0.15, -0.1) is 11.3 Å². The number of nitrogens with one attached hydrogen (secondary N) is 2. The van der Waals surface area contributed by atoms with Crippen LogP contribution in [0.2, 0.25) is 0 Å². The molecule has 0 bridgehead atoms. The second-order valence-electron chi connectivity index (χ2n) is 4.23.